The average Bonchev–Trinajstić information content (AvgIpc) is 2.46. The van der Waals surface area contributed by atoms with Gasteiger partial charge in [0, 0.05) is 31.0 Å². The maximum Gasteiger partial charge on any atom is 0.0987 e. The van der Waals surface area contributed by atoms with Gasteiger partial charge < -0.3 is 10.4 Å². The number of rotatable bonds is 6. The summed E-state index contributed by atoms with van der Waals surface area (Å²) in [6.45, 7) is 5.25. The molecule has 0 saturated heterocycles. The predicted octanol–water partition coefficient (Wildman–Crippen LogP) is 1.31. The van der Waals surface area contributed by atoms with E-state index in [1.807, 2.05) is 25.7 Å². The Hall–Kier alpha value is -0.520. The lowest BCUT2D eigenvalue weighted by Crippen LogP contribution is -2.08. The molecule has 1 aromatic rings. The minimum Gasteiger partial charge on any atom is -0.396 e. The van der Waals surface area contributed by atoms with Crippen LogP contribution in [0.25, 0.3) is 0 Å². The Morgan fingerprint density at radius 2 is 2.25 bits per heavy atom. The third-order valence-electron chi connectivity index (χ3n) is 2.49. The SMILES string of the molecule is CNCc1c(C)nn(C)c1SC(C)CCO. The summed E-state index contributed by atoms with van der Waals surface area (Å²) in [7, 11) is 3.91. The van der Waals surface area contributed by atoms with E-state index in [2.05, 4.69) is 17.3 Å². The summed E-state index contributed by atoms with van der Waals surface area (Å²) in [6, 6.07) is 0. The molecule has 1 unspecified atom stereocenters. The van der Waals surface area contributed by atoms with Gasteiger partial charge in [-0.2, -0.15) is 5.10 Å². The number of hydrogen-bond donors (Lipinski definition) is 2. The Morgan fingerprint density at radius 3 is 2.81 bits per heavy atom. The summed E-state index contributed by atoms with van der Waals surface area (Å²) in [5.74, 6) is 0. The molecule has 1 aromatic heterocycles. The van der Waals surface area contributed by atoms with Crippen LogP contribution in [0.15, 0.2) is 5.03 Å². The lowest BCUT2D eigenvalue weighted by molar-refractivity contribution is 0.289. The van der Waals surface area contributed by atoms with E-state index in [1.165, 1.54) is 10.6 Å². The van der Waals surface area contributed by atoms with Crippen molar-refractivity contribution in [3.63, 3.8) is 0 Å². The van der Waals surface area contributed by atoms with E-state index >= 15 is 0 Å². The second-order valence-electron chi connectivity index (χ2n) is 3.96. The minimum absolute atomic E-state index is 0.242. The summed E-state index contributed by atoms with van der Waals surface area (Å²) in [5, 5.41) is 18.1. The number of nitrogens with zero attached hydrogens (tertiary/aromatic N) is 2. The molecule has 0 spiro atoms. The molecule has 0 saturated carbocycles. The van der Waals surface area contributed by atoms with Crippen LogP contribution in [-0.2, 0) is 13.6 Å². The van der Waals surface area contributed by atoms with Crippen LogP contribution >= 0.6 is 11.8 Å². The molecule has 0 bridgehead atoms. The van der Waals surface area contributed by atoms with Gasteiger partial charge in [0.05, 0.1) is 10.7 Å². The zero-order valence-corrected chi connectivity index (χ0v) is 11.3. The molecule has 0 fully saturated rings. The van der Waals surface area contributed by atoms with Gasteiger partial charge in [-0.1, -0.05) is 6.92 Å². The van der Waals surface area contributed by atoms with E-state index in [9.17, 15) is 0 Å². The first-order valence-corrected chi connectivity index (χ1v) is 6.42. The highest BCUT2D eigenvalue weighted by Crippen LogP contribution is 2.29. The molecule has 1 heterocycles. The molecule has 1 atom stereocenters. The molecule has 16 heavy (non-hydrogen) atoms. The normalized spacial score (nSPS) is 13.1. The van der Waals surface area contributed by atoms with Gasteiger partial charge in [-0.05, 0) is 20.4 Å². The fourth-order valence-electron chi connectivity index (χ4n) is 1.64. The van der Waals surface area contributed by atoms with Gasteiger partial charge in [0.15, 0.2) is 0 Å². The van der Waals surface area contributed by atoms with E-state index in [0.717, 1.165) is 18.7 Å². The molecule has 0 radical (unpaired) electrons. The number of nitrogens with one attached hydrogen (secondary N) is 1. The standard InChI is InChI=1S/C11H21N3OS/c1-8(5-6-15)16-11-10(7-12-3)9(2)13-14(11)4/h8,12,15H,5-7H2,1-4H3. The van der Waals surface area contributed by atoms with E-state index < -0.39 is 0 Å². The minimum atomic E-state index is 0.242. The molecule has 0 aliphatic rings. The largest absolute Gasteiger partial charge is 0.396 e. The van der Waals surface area contributed by atoms with Gasteiger partial charge >= 0.3 is 0 Å². The van der Waals surface area contributed by atoms with Crippen molar-refractivity contribution in [2.75, 3.05) is 13.7 Å². The first-order chi connectivity index (χ1) is 7.60. The fourth-order valence-corrected chi connectivity index (χ4v) is 2.80. The number of hydrogen-bond acceptors (Lipinski definition) is 4. The van der Waals surface area contributed by atoms with Gasteiger partial charge in [-0.15, -0.1) is 11.8 Å². The maximum absolute atomic E-state index is 8.91. The Balaban J connectivity index is 2.84. The van der Waals surface area contributed by atoms with Crippen molar-refractivity contribution in [1.82, 2.24) is 15.1 Å². The van der Waals surface area contributed by atoms with Crippen molar-refractivity contribution in [2.45, 2.75) is 37.1 Å². The number of aryl methyl sites for hydroxylation is 2. The highest BCUT2D eigenvalue weighted by atomic mass is 32.2. The summed E-state index contributed by atoms with van der Waals surface area (Å²) < 4.78 is 1.93. The van der Waals surface area contributed by atoms with Gasteiger partial charge in [-0.25, -0.2) is 0 Å². The van der Waals surface area contributed by atoms with E-state index in [-0.39, 0.29) is 6.61 Å². The second-order valence-corrected chi connectivity index (χ2v) is 5.39. The summed E-state index contributed by atoms with van der Waals surface area (Å²) in [5.41, 5.74) is 2.34. The summed E-state index contributed by atoms with van der Waals surface area (Å²) in [6.07, 6.45) is 0.813. The lowest BCUT2D eigenvalue weighted by Gasteiger charge is -2.11. The molecule has 0 amide bonds. The summed E-state index contributed by atoms with van der Waals surface area (Å²) in [4.78, 5) is 0. The Kier molecular flexibility index (Phi) is 5.31. The number of aromatic nitrogens is 2. The molecular weight excluding hydrogens is 222 g/mol. The monoisotopic (exact) mass is 243 g/mol. The van der Waals surface area contributed by atoms with E-state index in [0.29, 0.717) is 5.25 Å². The molecule has 4 nitrogen and oxygen atoms in total. The van der Waals surface area contributed by atoms with E-state index in [1.54, 1.807) is 11.8 Å². The molecule has 0 aliphatic heterocycles. The predicted molar refractivity (Wildman–Crippen MR) is 67.7 cm³/mol. The summed E-state index contributed by atoms with van der Waals surface area (Å²) >= 11 is 1.78. The second kappa shape index (κ2) is 6.27. The maximum atomic E-state index is 8.91. The highest BCUT2D eigenvalue weighted by Gasteiger charge is 2.15. The molecule has 2 N–H and O–H groups in total. The van der Waals surface area contributed by atoms with Crippen molar-refractivity contribution in [1.29, 1.82) is 0 Å². The van der Waals surface area contributed by atoms with Crippen LogP contribution < -0.4 is 5.32 Å². The van der Waals surface area contributed by atoms with Crippen LogP contribution in [0.5, 0.6) is 0 Å². The Bertz CT molecular complexity index is 338. The van der Waals surface area contributed by atoms with Crippen molar-refractivity contribution in [3.8, 4) is 0 Å². The number of aliphatic hydroxyl groups is 1. The molecule has 5 heteroatoms. The third kappa shape index (κ3) is 3.23. The van der Waals surface area contributed by atoms with Crippen LogP contribution in [0.2, 0.25) is 0 Å². The van der Waals surface area contributed by atoms with Crippen LogP contribution in [0.4, 0.5) is 0 Å². The van der Waals surface area contributed by atoms with Crippen LogP contribution in [0.1, 0.15) is 24.6 Å². The van der Waals surface area contributed by atoms with Crippen LogP contribution in [0, 0.1) is 6.92 Å². The van der Waals surface area contributed by atoms with Crippen LogP contribution in [0.3, 0.4) is 0 Å². The molecule has 1 rings (SSSR count). The van der Waals surface area contributed by atoms with Crippen molar-refractivity contribution in [2.24, 2.45) is 7.05 Å². The zero-order valence-electron chi connectivity index (χ0n) is 10.4. The zero-order chi connectivity index (χ0) is 12.1. The molecule has 0 aromatic carbocycles. The lowest BCUT2D eigenvalue weighted by atomic mass is 10.3. The van der Waals surface area contributed by atoms with Gasteiger partial charge in [0.25, 0.3) is 0 Å². The quantitative estimate of drug-likeness (QED) is 0.740. The first-order valence-electron chi connectivity index (χ1n) is 5.54. The molecule has 0 aliphatic carbocycles. The smallest absolute Gasteiger partial charge is 0.0987 e. The van der Waals surface area contributed by atoms with Gasteiger partial charge in [0.2, 0.25) is 0 Å². The van der Waals surface area contributed by atoms with Gasteiger partial charge in [-0.3, -0.25) is 4.68 Å². The molecular formula is C11H21N3OS. The van der Waals surface area contributed by atoms with Crippen molar-refractivity contribution in [3.05, 3.63) is 11.3 Å². The topological polar surface area (TPSA) is 50.1 Å². The van der Waals surface area contributed by atoms with Gasteiger partial charge in [0.1, 0.15) is 0 Å². The average molecular weight is 243 g/mol. The van der Waals surface area contributed by atoms with Crippen molar-refractivity contribution < 1.29 is 5.11 Å². The van der Waals surface area contributed by atoms with Crippen molar-refractivity contribution >= 4 is 11.8 Å². The number of thioether (sulfide) groups is 1. The Morgan fingerprint density at radius 1 is 1.56 bits per heavy atom. The fraction of sp³-hybridized carbons (Fsp3) is 0.727. The number of aliphatic hydroxyl groups excluding tert-OH is 1. The van der Waals surface area contributed by atoms with Crippen LogP contribution in [-0.4, -0.2) is 33.8 Å². The first kappa shape index (κ1) is 13.5. The van der Waals surface area contributed by atoms with E-state index in [4.69, 9.17) is 5.11 Å². The third-order valence-corrected chi connectivity index (χ3v) is 3.86. The molecule has 92 valence electrons. The highest BCUT2D eigenvalue weighted by molar-refractivity contribution is 7.99. The Labute approximate surface area is 101 Å².